The van der Waals surface area contributed by atoms with Crippen molar-refractivity contribution in [2.75, 3.05) is 6.54 Å². The van der Waals surface area contributed by atoms with E-state index in [0.29, 0.717) is 6.54 Å². The summed E-state index contributed by atoms with van der Waals surface area (Å²) in [6.45, 7) is 4.79. The highest BCUT2D eigenvalue weighted by Crippen LogP contribution is 2.29. The van der Waals surface area contributed by atoms with Crippen molar-refractivity contribution in [3.8, 4) is 0 Å². The van der Waals surface area contributed by atoms with E-state index in [0.717, 1.165) is 16.5 Å². The van der Waals surface area contributed by atoms with Gasteiger partial charge in [0.25, 0.3) is 0 Å². The first-order valence-electron chi connectivity index (χ1n) is 4.69. The van der Waals surface area contributed by atoms with Crippen LogP contribution in [0.25, 0.3) is 11.0 Å². The maximum absolute atomic E-state index is 5.74. The average molecular weight is 190 g/mol. The third-order valence-electron chi connectivity index (χ3n) is 2.62. The molecule has 0 saturated heterocycles. The molecule has 0 fully saturated rings. The second-order valence-electron chi connectivity index (χ2n) is 4.14. The van der Waals surface area contributed by atoms with Crippen LogP contribution in [-0.2, 0) is 5.41 Å². The largest absolute Gasteiger partial charge is 0.356 e. The molecule has 2 rings (SSSR count). The third kappa shape index (κ3) is 1.30. The molecule has 0 amide bonds. The zero-order valence-corrected chi connectivity index (χ0v) is 8.45. The second-order valence-corrected chi connectivity index (χ2v) is 4.14. The second kappa shape index (κ2) is 3.10. The van der Waals surface area contributed by atoms with Crippen LogP contribution in [0, 0.1) is 0 Å². The summed E-state index contributed by atoms with van der Waals surface area (Å²) in [5.41, 5.74) is 7.64. The number of hydrogen-bond acceptors (Lipinski definition) is 3. The van der Waals surface area contributed by atoms with Crippen LogP contribution in [-0.4, -0.2) is 11.7 Å². The normalized spacial score (nSPS) is 12.2. The highest BCUT2D eigenvalue weighted by atomic mass is 16.5. The molecule has 14 heavy (non-hydrogen) atoms. The predicted octanol–water partition coefficient (Wildman–Crippen LogP) is 2.06. The van der Waals surface area contributed by atoms with Crippen molar-refractivity contribution in [2.24, 2.45) is 5.73 Å². The molecule has 1 aromatic heterocycles. The minimum absolute atomic E-state index is 0.0704. The first-order chi connectivity index (χ1) is 6.65. The molecule has 2 N–H and O–H groups in total. The SMILES string of the molecule is CC(C)(CN)c1cccc2cnoc12. The Hall–Kier alpha value is -1.35. The van der Waals surface area contributed by atoms with E-state index in [4.69, 9.17) is 10.3 Å². The number of rotatable bonds is 2. The first-order valence-corrected chi connectivity index (χ1v) is 4.69. The minimum Gasteiger partial charge on any atom is -0.356 e. The van der Waals surface area contributed by atoms with Crippen molar-refractivity contribution in [1.29, 1.82) is 0 Å². The first kappa shape index (κ1) is 9.21. The van der Waals surface area contributed by atoms with E-state index < -0.39 is 0 Å². The van der Waals surface area contributed by atoms with E-state index in [1.54, 1.807) is 6.20 Å². The van der Waals surface area contributed by atoms with Crippen LogP contribution in [0.5, 0.6) is 0 Å². The molecule has 0 unspecified atom stereocenters. The van der Waals surface area contributed by atoms with Gasteiger partial charge in [0.05, 0.1) is 6.20 Å². The number of nitrogens with zero attached hydrogens (tertiary/aromatic N) is 1. The van der Waals surface area contributed by atoms with Crippen LogP contribution >= 0.6 is 0 Å². The lowest BCUT2D eigenvalue weighted by atomic mass is 9.84. The van der Waals surface area contributed by atoms with Gasteiger partial charge in [-0.1, -0.05) is 31.1 Å². The van der Waals surface area contributed by atoms with Gasteiger partial charge in [-0.2, -0.15) is 0 Å². The fraction of sp³-hybridized carbons (Fsp3) is 0.364. The molecular formula is C11H14N2O. The van der Waals surface area contributed by atoms with Gasteiger partial charge in [0, 0.05) is 22.9 Å². The Labute approximate surface area is 82.9 Å². The van der Waals surface area contributed by atoms with E-state index in [9.17, 15) is 0 Å². The van der Waals surface area contributed by atoms with Gasteiger partial charge >= 0.3 is 0 Å². The van der Waals surface area contributed by atoms with Gasteiger partial charge in [-0.15, -0.1) is 0 Å². The summed E-state index contributed by atoms with van der Waals surface area (Å²) in [4.78, 5) is 0. The molecule has 3 nitrogen and oxygen atoms in total. The number of aromatic nitrogens is 1. The molecule has 1 aromatic carbocycles. The Balaban J connectivity index is 2.67. The summed E-state index contributed by atoms with van der Waals surface area (Å²) >= 11 is 0. The number of para-hydroxylation sites is 1. The Morgan fingerprint density at radius 2 is 2.21 bits per heavy atom. The highest BCUT2D eigenvalue weighted by molar-refractivity contribution is 5.80. The van der Waals surface area contributed by atoms with Crippen LogP contribution in [0.1, 0.15) is 19.4 Å². The minimum atomic E-state index is -0.0704. The van der Waals surface area contributed by atoms with Gasteiger partial charge in [-0.3, -0.25) is 0 Å². The molecule has 74 valence electrons. The molecule has 0 spiro atoms. The predicted molar refractivity (Wildman–Crippen MR) is 56.1 cm³/mol. The van der Waals surface area contributed by atoms with E-state index in [-0.39, 0.29) is 5.41 Å². The highest BCUT2D eigenvalue weighted by Gasteiger charge is 2.22. The van der Waals surface area contributed by atoms with Crippen molar-refractivity contribution in [2.45, 2.75) is 19.3 Å². The van der Waals surface area contributed by atoms with E-state index in [2.05, 4.69) is 19.0 Å². The molecular weight excluding hydrogens is 176 g/mol. The molecule has 1 heterocycles. The Bertz CT molecular complexity index is 445. The van der Waals surface area contributed by atoms with Gasteiger partial charge < -0.3 is 10.3 Å². The lowest BCUT2D eigenvalue weighted by Gasteiger charge is -2.22. The maximum atomic E-state index is 5.74. The van der Waals surface area contributed by atoms with Crippen LogP contribution in [0.2, 0.25) is 0 Å². The topological polar surface area (TPSA) is 52.0 Å². The standard InChI is InChI=1S/C11H14N2O/c1-11(2,7-12)9-5-3-4-8-6-13-14-10(8)9/h3-6H,7,12H2,1-2H3. The van der Waals surface area contributed by atoms with Gasteiger partial charge in [-0.05, 0) is 6.07 Å². The summed E-state index contributed by atoms with van der Waals surface area (Å²) in [6, 6.07) is 6.04. The zero-order valence-electron chi connectivity index (χ0n) is 8.45. The van der Waals surface area contributed by atoms with E-state index >= 15 is 0 Å². The fourth-order valence-electron chi connectivity index (χ4n) is 1.54. The molecule has 0 atom stereocenters. The van der Waals surface area contributed by atoms with Crippen molar-refractivity contribution in [3.05, 3.63) is 30.0 Å². The molecule has 3 heteroatoms. The van der Waals surface area contributed by atoms with Gasteiger partial charge in [0.2, 0.25) is 0 Å². The summed E-state index contributed by atoms with van der Waals surface area (Å²) in [5.74, 6) is 0. The third-order valence-corrected chi connectivity index (χ3v) is 2.62. The molecule has 0 saturated carbocycles. The van der Waals surface area contributed by atoms with Crippen molar-refractivity contribution in [3.63, 3.8) is 0 Å². The van der Waals surface area contributed by atoms with Crippen molar-refractivity contribution in [1.82, 2.24) is 5.16 Å². The summed E-state index contributed by atoms with van der Waals surface area (Å²) < 4.78 is 5.23. The quantitative estimate of drug-likeness (QED) is 0.788. The lowest BCUT2D eigenvalue weighted by molar-refractivity contribution is 0.442. The molecule has 2 aromatic rings. The monoisotopic (exact) mass is 190 g/mol. The van der Waals surface area contributed by atoms with E-state index in [1.807, 2.05) is 18.2 Å². The van der Waals surface area contributed by atoms with Gasteiger partial charge in [0.1, 0.15) is 0 Å². The van der Waals surface area contributed by atoms with Crippen molar-refractivity contribution < 1.29 is 4.52 Å². The molecule has 0 aliphatic rings. The van der Waals surface area contributed by atoms with Crippen LogP contribution in [0.3, 0.4) is 0 Å². The molecule has 0 aliphatic heterocycles. The Morgan fingerprint density at radius 1 is 1.43 bits per heavy atom. The smallest absolute Gasteiger partial charge is 0.170 e. The summed E-state index contributed by atoms with van der Waals surface area (Å²) in [5, 5.41) is 4.83. The summed E-state index contributed by atoms with van der Waals surface area (Å²) in [7, 11) is 0. The van der Waals surface area contributed by atoms with Gasteiger partial charge in [0.15, 0.2) is 5.58 Å². The summed E-state index contributed by atoms with van der Waals surface area (Å²) in [6.07, 6.45) is 1.73. The number of benzene rings is 1. The Morgan fingerprint density at radius 3 is 2.93 bits per heavy atom. The zero-order chi connectivity index (χ0) is 10.2. The van der Waals surface area contributed by atoms with Crippen LogP contribution < -0.4 is 5.73 Å². The number of nitrogens with two attached hydrogens (primary N) is 1. The lowest BCUT2D eigenvalue weighted by Crippen LogP contribution is -2.28. The number of hydrogen-bond donors (Lipinski definition) is 1. The van der Waals surface area contributed by atoms with E-state index in [1.165, 1.54) is 0 Å². The van der Waals surface area contributed by atoms with Crippen molar-refractivity contribution >= 4 is 11.0 Å². The van der Waals surface area contributed by atoms with Crippen LogP contribution in [0.15, 0.2) is 28.9 Å². The van der Waals surface area contributed by atoms with Crippen LogP contribution in [0.4, 0.5) is 0 Å². The Kier molecular flexibility index (Phi) is 2.04. The van der Waals surface area contributed by atoms with Gasteiger partial charge in [-0.25, -0.2) is 0 Å². The fourth-order valence-corrected chi connectivity index (χ4v) is 1.54. The maximum Gasteiger partial charge on any atom is 0.170 e. The molecule has 0 aliphatic carbocycles. The molecule has 0 bridgehead atoms. The number of fused-ring (bicyclic) bond motifs is 1. The average Bonchev–Trinajstić information content (AvgIpc) is 2.64. The molecule has 0 radical (unpaired) electrons.